The fourth-order valence-electron chi connectivity index (χ4n) is 7.14. The summed E-state index contributed by atoms with van der Waals surface area (Å²) in [7, 11) is 1.45. The zero-order valence-electron chi connectivity index (χ0n) is 36.1. The van der Waals surface area contributed by atoms with Gasteiger partial charge in [0.05, 0.1) is 52.1 Å². The maximum absolute atomic E-state index is 13.0. The number of hydrogen-bond acceptors (Lipinski definition) is 8. The summed E-state index contributed by atoms with van der Waals surface area (Å²) in [4.78, 5) is 35.8. The third-order valence-electron chi connectivity index (χ3n) is 10.8. The van der Waals surface area contributed by atoms with Gasteiger partial charge in [-0.25, -0.2) is 4.57 Å². The predicted molar refractivity (Wildman–Crippen MR) is 227 cm³/mol. The number of likely N-dealkylation sites (N-methyl/N-ethyl adjacent to an activating group) is 1. The zero-order valence-corrected chi connectivity index (χ0v) is 37.0. The molecule has 0 aromatic carbocycles. The van der Waals surface area contributed by atoms with Crippen molar-refractivity contribution in [1.29, 1.82) is 0 Å². The molecule has 56 heavy (non-hydrogen) atoms. The SMILES string of the molecule is CCCCCCCCCCCCCCCC[C@@H](O)[C@H](COP(=O)(O)OCC[N+](C)(C)C)NC(=O)CCC/C=C\C[C@H]1[C@@H](O)CC(=O)[C@@H]1/C=C/[C@@H](O)CCCCC. The average Bonchev–Trinajstić information content (AvgIpc) is 3.40. The highest BCUT2D eigenvalue weighted by atomic mass is 31.2. The molecule has 11 nitrogen and oxygen atoms in total. The van der Waals surface area contributed by atoms with E-state index in [0.29, 0.717) is 43.1 Å². The quantitative estimate of drug-likeness (QED) is 0.0180. The number of allylic oxidation sites excluding steroid dienone is 3. The number of carbonyl (C=O) groups is 2. The first-order valence-electron chi connectivity index (χ1n) is 22.3. The van der Waals surface area contributed by atoms with Crippen LogP contribution in [0.1, 0.15) is 168 Å². The van der Waals surface area contributed by atoms with E-state index < -0.39 is 38.1 Å². The van der Waals surface area contributed by atoms with Crippen LogP contribution < -0.4 is 5.32 Å². The van der Waals surface area contributed by atoms with Crippen molar-refractivity contribution in [2.45, 2.75) is 192 Å². The first-order chi connectivity index (χ1) is 26.7. The summed E-state index contributed by atoms with van der Waals surface area (Å²) in [6.07, 6.45) is 28.4. The van der Waals surface area contributed by atoms with Gasteiger partial charge in [-0.1, -0.05) is 147 Å². The Morgan fingerprint density at radius 2 is 1.39 bits per heavy atom. The van der Waals surface area contributed by atoms with Gasteiger partial charge in [0.2, 0.25) is 5.91 Å². The summed E-state index contributed by atoms with van der Waals surface area (Å²) in [6, 6.07) is -0.862. The van der Waals surface area contributed by atoms with E-state index in [2.05, 4.69) is 19.2 Å². The summed E-state index contributed by atoms with van der Waals surface area (Å²) in [6.45, 7) is 4.54. The summed E-state index contributed by atoms with van der Waals surface area (Å²) in [5.74, 6) is -0.969. The number of phosphoric ester groups is 1. The Hall–Kier alpha value is -1.43. The Labute approximate surface area is 341 Å². The molecule has 0 aromatic heterocycles. The van der Waals surface area contributed by atoms with Crippen LogP contribution in [0.15, 0.2) is 24.3 Å². The van der Waals surface area contributed by atoms with E-state index in [4.69, 9.17) is 9.05 Å². The van der Waals surface area contributed by atoms with E-state index in [1.54, 1.807) is 12.2 Å². The monoisotopic (exact) mass is 816 g/mol. The zero-order chi connectivity index (χ0) is 41.7. The number of amides is 1. The minimum absolute atomic E-state index is 0.0112. The molecule has 1 saturated carbocycles. The van der Waals surface area contributed by atoms with Crippen LogP contribution in [0.25, 0.3) is 0 Å². The maximum atomic E-state index is 13.0. The van der Waals surface area contributed by atoms with Gasteiger partial charge in [0.15, 0.2) is 0 Å². The molecule has 1 amide bonds. The highest BCUT2D eigenvalue weighted by Crippen LogP contribution is 2.43. The van der Waals surface area contributed by atoms with Gasteiger partial charge in [0.1, 0.15) is 18.9 Å². The Balaban J connectivity index is 2.55. The molecular weight excluding hydrogens is 731 g/mol. The van der Waals surface area contributed by atoms with Crippen LogP contribution in [0.4, 0.5) is 0 Å². The van der Waals surface area contributed by atoms with Gasteiger partial charge in [0.25, 0.3) is 0 Å². The minimum Gasteiger partial charge on any atom is -0.392 e. The van der Waals surface area contributed by atoms with Crippen LogP contribution >= 0.6 is 7.82 Å². The number of phosphoric acid groups is 1. The number of unbranched alkanes of at least 4 members (excludes halogenated alkanes) is 16. The van der Waals surface area contributed by atoms with Crippen LogP contribution in [0.3, 0.4) is 0 Å². The van der Waals surface area contributed by atoms with Gasteiger partial charge in [-0.15, -0.1) is 0 Å². The number of Topliss-reactive ketones (excluding diaryl/α,β-unsaturated/α-hetero) is 1. The van der Waals surface area contributed by atoms with Crippen LogP contribution in [-0.4, -0.2) is 102 Å². The van der Waals surface area contributed by atoms with Gasteiger partial charge in [-0.2, -0.15) is 0 Å². The Morgan fingerprint density at radius 3 is 1.98 bits per heavy atom. The van der Waals surface area contributed by atoms with Gasteiger partial charge in [-0.05, 0) is 32.1 Å². The largest absolute Gasteiger partial charge is 0.472 e. The molecule has 0 radical (unpaired) electrons. The lowest BCUT2D eigenvalue weighted by atomic mass is 9.90. The molecule has 1 aliphatic carbocycles. The first kappa shape index (κ1) is 52.6. The molecule has 328 valence electrons. The van der Waals surface area contributed by atoms with Crippen molar-refractivity contribution in [2.24, 2.45) is 11.8 Å². The van der Waals surface area contributed by atoms with Crippen molar-refractivity contribution in [3.05, 3.63) is 24.3 Å². The number of quaternary nitrogens is 1. The molecule has 1 rings (SSSR count). The molecule has 0 saturated heterocycles. The highest BCUT2D eigenvalue weighted by molar-refractivity contribution is 7.47. The number of aliphatic hydroxyl groups excluding tert-OH is 3. The van der Waals surface area contributed by atoms with Crippen LogP contribution in [0.5, 0.6) is 0 Å². The normalized spacial score (nSPS) is 20.5. The van der Waals surface area contributed by atoms with Crippen molar-refractivity contribution in [3.63, 3.8) is 0 Å². The van der Waals surface area contributed by atoms with Gasteiger partial charge in [-0.3, -0.25) is 18.6 Å². The van der Waals surface area contributed by atoms with Gasteiger partial charge >= 0.3 is 7.82 Å². The van der Waals surface area contributed by atoms with Crippen molar-refractivity contribution in [2.75, 3.05) is 40.9 Å². The summed E-state index contributed by atoms with van der Waals surface area (Å²) in [5, 5.41) is 34.7. The lowest BCUT2D eigenvalue weighted by Gasteiger charge is -2.26. The molecular formula is C44H84N2O9P+. The van der Waals surface area contributed by atoms with E-state index in [-0.39, 0.29) is 43.7 Å². The van der Waals surface area contributed by atoms with E-state index in [0.717, 1.165) is 38.5 Å². The molecule has 1 unspecified atom stereocenters. The minimum atomic E-state index is -4.39. The van der Waals surface area contributed by atoms with Crippen molar-refractivity contribution >= 4 is 19.5 Å². The van der Waals surface area contributed by atoms with Crippen molar-refractivity contribution in [3.8, 4) is 0 Å². The summed E-state index contributed by atoms with van der Waals surface area (Å²) >= 11 is 0. The van der Waals surface area contributed by atoms with Gasteiger partial charge < -0.3 is 30.0 Å². The second-order valence-electron chi connectivity index (χ2n) is 17.2. The van der Waals surface area contributed by atoms with Crippen molar-refractivity contribution in [1.82, 2.24) is 5.32 Å². The Bertz CT molecular complexity index is 1130. The molecule has 1 fully saturated rings. The Kier molecular flexibility index (Phi) is 29.6. The molecule has 0 bridgehead atoms. The molecule has 0 aliphatic heterocycles. The number of hydrogen-bond donors (Lipinski definition) is 5. The first-order valence-corrected chi connectivity index (χ1v) is 23.8. The maximum Gasteiger partial charge on any atom is 0.472 e. The van der Waals surface area contributed by atoms with E-state index in [1.807, 2.05) is 33.3 Å². The number of aliphatic hydroxyl groups is 3. The predicted octanol–water partition coefficient (Wildman–Crippen LogP) is 8.72. The average molecular weight is 816 g/mol. The fourth-order valence-corrected chi connectivity index (χ4v) is 7.88. The smallest absolute Gasteiger partial charge is 0.392 e. The number of rotatable bonds is 36. The third kappa shape index (κ3) is 27.3. The van der Waals surface area contributed by atoms with Crippen LogP contribution in [0, 0.1) is 11.8 Å². The van der Waals surface area contributed by atoms with E-state index >= 15 is 0 Å². The molecule has 7 atom stereocenters. The molecule has 0 spiro atoms. The fraction of sp³-hybridized carbons (Fsp3) is 0.864. The number of ketones is 1. The van der Waals surface area contributed by atoms with Crippen LogP contribution in [0.2, 0.25) is 0 Å². The second kappa shape index (κ2) is 31.5. The van der Waals surface area contributed by atoms with E-state index in [1.165, 1.54) is 70.6 Å². The molecule has 12 heteroatoms. The lowest BCUT2D eigenvalue weighted by Crippen LogP contribution is -2.46. The molecule has 0 aromatic rings. The number of carbonyl (C=O) groups excluding carboxylic acids is 2. The molecule has 5 N–H and O–H groups in total. The van der Waals surface area contributed by atoms with Gasteiger partial charge in [0, 0.05) is 24.7 Å². The molecule has 0 heterocycles. The van der Waals surface area contributed by atoms with E-state index in [9.17, 15) is 34.4 Å². The topological polar surface area (TPSA) is 163 Å². The second-order valence-corrected chi connectivity index (χ2v) is 18.7. The molecule has 1 aliphatic rings. The summed E-state index contributed by atoms with van der Waals surface area (Å²) in [5.41, 5.74) is 0. The third-order valence-corrected chi connectivity index (χ3v) is 11.8. The number of nitrogens with one attached hydrogen (secondary N) is 1. The lowest BCUT2D eigenvalue weighted by molar-refractivity contribution is -0.870. The Morgan fingerprint density at radius 1 is 0.839 bits per heavy atom. The van der Waals surface area contributed by atoms with Crippen LogP contribution in [-0.2, 0) is 23.2 Å². The van der Waals surface area contributed by atoms with Crippen molar-refractivity contribution < 1.29 is 47.9 Å². The summed E-state index contributed by atoms with van der Waals surface area (Å²) < 4.78 is 23.6. The number of nitrogens with zero attached hydrogens (tertiary/aromatic N) is 1. The highest BCUT2D eigenvalue weighted by Gasteiger charge is 2.39. The standard InChI is InChI=1S/C44H83N2O9P/c1-6-8-10-11-12-13-14-15-16-17-18-19-20-25-29-41(48)40(36-55-56(52,53)54-34-33-46(3,4)5)45-44(51)30-26-22-21-24-28-38-39(43(50)35-42(38)49)32-31-37(47)27-23-9-7-2/h21,24,31-32,37-42,47-49H,6-20,22-23,25-30,33-36H2,1-5H3,(H-,45,51,52,53)/p+1/b24-21-,32-31+/t37-,38+,39+,40-,41+,42-/m0/s1.